The summed E-state index contributed by atoms with van der Waals surface area (Å²) in [7, 11) is 0. The first kappa shape index (κ1) is 29.8. The van der Waals surface area contributed by atoms with Gasteiger partial charge in [-0.25, -0.2) is 0 Å². The summed E-state index contributed by atoms with van der Waals surface area (Å²) in [4.78, 5) is 12.9. The molecule has 0 aliphatic heterocycles. The van der Waals surface area contributed by atoms with Gasteiger partial charge in [0.2, 0.25) is 0 Å². The van der Waals surface area contributed by atoms with Crippen molar-refractivity contribution >= 4 is 52.5 Å². The number of anilines is 1. The van der Waals surface area contributed by atoms with Crippen LogP contribution in [0, 0.1) is 11.3 Å². The Labute approximate surface area is 253 Å². The molecule has 0 saturated carbocycles. The van der Waals surface area contributed by atoms with Crippen molar-refractivity contribution < 1.29 is 19.0 Å². The molecule has 41 heavy (non-hydrogen) atoms. The smallest absolute Gasteiger partial charge is 0.266 e. The van der Waals surface area contributed by atoms with Crippen LogP contribution in [0.4, 0.5) is 5.69 Å². The number of carbonyl (C=O) groups is 1. The fourth-order valence-corrected chi connectivity index (χ4v) is 4.23. The van der Waals surface area contributed by atoms with Crippen LogP contribution in [0.1, 0.15) is 23.6 Å². The number of ether oxygens (including phenoxy) is 3. The zero-order valence-electron chi connectivity index (χ0n) is 22.0. The van der Waals surface area contributed by atoms with Gasteiger partial charge in [0, 0.05) is 15.7 Å². The summed E-state index contributed by atoms with van der Waals surface area (Å²) in [6.45, 7) is 2.83. The van der Waals surface area contributed by atoms with Gasteiger partial charge in [-0.2, -0.15) is 5.26 Å². The summed E-state index contributed by atoms with van der Waals surface area (Å²) < 4.78 is 17.5. The number of hydrogen-bond acceptors (Lipinski definition) is 5. The molecule has 0 spiro atoms. The Morgan fingerprint density at radius 3 is 1.98 bits per heavy atom. The molecule has 208 valence electrons. The van der Waals surface area contributed by atoms with Gasteiger partial charge in [0.15, 0.2) is 11.5 Å². The highest BCUT2D eigenvalue weighted by atomic mass is 35.5. The first-order valence-electron chi connectivity index (χ1n) is 12.6. The zero-order valence-corrected chi connectivity index (χ0v) is 24.3. The van der Waals surface area contributed by atoms with E-state index in [4.69, 9.17) is 49.0 Å². The first-order chi connectivity index (χ1) is 19.8. The van der Waals surface area contributed by atoms with Crippen molar-refractivity contribution in [3.63, 3.8) is 0 Å². The lowest BCUT2D eigenvalue weighted by Crippen LogP contribution is -2.13. The zero-order chi connectivity index (χ0) is 29.2. The summed E-state index contributed by atoms with van der Waals surface area (Å²) in [5, 5.41) is 14.0. The van der Waals surface area contributed by atoms with Crippen molar-refractivity contribution in [3.8, 4) is 23.3 Å². The molecule has 0 fully saturated rings. The minimum absolute atomic E-state index is 0.110. The largest absolute Gasteiger partial charge is 0.490 e. The van der Waals surface area contributed by atoms with Crippen molar-refractivity contribution in [2.75, 3.05) is 11.9 Å². The van der Waals surface area contributed by atoms with Gasteiger partial charge in [0.25, 0.3) is 5.91 Å². The molecule has 4 aromatic rings. The Balaban J connectivity index is 1.43. The van der Waals surface area contributed by atoms with Crippen molar-refractivity contribution in [2.45, 2.75) is 20.1 Å². The minimum Gasteiger partial charge on any atom is -0.490 e. The number of halogens is 3. The Bertz CT molecular complexity index is 1560. The third kappa shape index (κ3) is 8.67. The van der Waals surface area contributed by atoms with Crippen LogP contribution in [-0.2, 0) is 18.0 Å². The van der Waals surface area contributed by atoms with Gasteiger partial charge in [-0.1, -0.05) is 59.1 Å². The van der Waals surface area contributed by atoms with Gasteiger partial charge in [-0.05, 0) is 90.4 Å². The average Bonchev–Trinajstić information content (AvgIpc) is 2.97. The molecule has 0 heterocycles. The second kappa shape index (κ2) is 14.5. The fraction of sp³-hybridized carbons (Fsp3) is 0.125. The molecule has 1 amide bonds. The molecular formula is C32H25Cl3N2O4. The van der Waals surface area contributed by atoms with E-state index < -0.39 is 5.91 Å². The summed E-state index contributed by atoms with van der Waals surface area (Å²) in [5.74, 6) is 0.819. The van der Waals surface area contributed by atoms with E-state index in [1.54, 1.807) is 60.7 Å². The number of carbonyl (C=O) groups excluding carboxylic acids is 1. The lowest BCUT2D eigenvalue weighted by Gasteiger charge is -2.15. The molecule has 0 aliphatic carbocycles. The van der Waals surface area contributed by atoms with E-state index in [1.807, 2.05) is 37.3 Å². The Morgan fingerprint density at radius 2 is 1.41 bits per heavy atom. The third-order valence-corrected chi connectivity index (χ3v) is 6.52. The van der Waals surface area contributed by atoms with Crippen LogP contribution in [-0.4, -0.2) is 12.5 Å². The number of nitrogens with zero attached hydrogens (tertiary/aromatic N) is 1. The number of nitriles is 1. The number of hydrogen-bond donors (Lipinski definition) is 1. The molecule has 0 bridgehead atoms. The number of nitrogens with one attached hydrogen (secondary N) is 1. The maximum absolute atomic E-state index is 12.9. The highest BCUT2D eigenvalue weighted by Gasteiger charge is 2.15. The van der Waals surface area contributed by atoms with Crippen LogP contribution in [0.25, 0.3) is 6.08 Å². The molecule has 0 saturated heterocycles. The van der Waals surface area contributed by atoms with Gasteiger partial charge in [0.1, 0.15) is 30.6 Å². The van der Waals surface area contributed by atoms with Crippen LogP contribution >= 0.6 is 34.8 Å². The quantitative estimate of drug-likeness (QED) is 0.136. The standard InChI is InChI=1S/C32H25Cl3N2O4/c1-2-39-30-17-23(16-29(35)31(30)41-20-22-5-9-26(34)10-6-22)15-24(18-36)32(38)37-27-11-13-28(14-12-27)40-19-21-3-7-25(33)8-4-21/h3-17H,2,19-20H2,1H3,(H,37,38)/b24-15+. The average molecular weight is 608 g/mol. The summed E-state index contributed by atoms with van der Waals surface area (Å²) >= 11 is 18.4. The molecule has 9 heteroatoms. The van der Waals surface area contributed by atoms with Gasteiger partial charge < -0.3 is 19.5 Å². The van der Waals surface area contributed by atoms with E-state index >= 15 is 0 Å². The first-order valence-corrected chi connectivity index (χ1v) is 13.7. The minimum atomic E-state index is -0.570. The Kier molecular flexibility index (Phi) is 10.5. The molecule has 4 rings (SSSR count). The highest BCUT2D eigenvalue weighted by molar-refractivity contribution is 6.32. The molecule has 4 aromatic carbocycles. The lowest BCUT2D eigenvalue weighted by atomic mass is 10.1. The van der Waals surface area contributed by atoms with Crippen LogP contribution < -0.4 is 19.5 Å². The van der Waals surface area contributed by atoms with Crippen LogP contribution in [0.5, 0.6) is 17.2 Å². The second-order valence-electron chi connectivity index (χ2n) is 8.74. The number of rotatable bonds is 11. The van der Waals surface area contributed by atoms with E-state index in [0.29, 0.717) is 51.8 Å². The number of amides is 1. The van der Waals surface area contributed by atoms with Crippen molar-refractivity contribution in [1.29, 1.82) is 5.26 Å². The molecule has 0 atom stereocenters. The van der Waals surface area contributed by atoms with Crippen LogP contribution in [0.2, 0.25) is 15.1 Å². The topological polar surface area (TPSA) is 80.6 Å². The Morgan fingerprint density at radius 1 is 0.829 bits per heavy atom. The summed E-state index contributed by atoms with van der Waals surface area (Å²) in [6, 6.07) is 26.7. The van der Waals surface area contributed by atoms with E-state index in [-0.39, 0.29) is 17.2 Å². The van der Waals surface area contributed by atoms with Crippen molar-refractivity contribution in [3.05, 3.63) is 122 Å². The van der Waals surface area contributed by atoms with Gasteiger partial charge in [-0.3, -0.25) is 4.79 Å². The van der Waals surface area contributed by atoms with E-state index in [1.165, 1.54) is 6.08 Å². The van der Waals surface area contributed by atoms with Crippen molar-refractivity contribution in [2.24, 2.45) is 0 Å². The lowest BCUT2D eigenvalue weighted by molar-refractivity contribution is -0.112. The maximum atomic E-state index is 12.9. The SMILES string of the molecule is CCOc1cc(/C=C(\C#N)C(=O)Nc2ccc(OCc3ccc(Cl)cc3)cc2)cc(Cl)c1OCc1ccc(Cl)cc1. The van der Waals surface area contributed by atoms with E-state index in [0.717, 1.165) is 11.1 Å². The van der Waals surface area contributed by atoms with Gasteiger partial charge in [-0.15, -0.1) is 0 Å². The maximum Gasteiger partial charge on any atom is 0.266 e. The molecule has 1 N–H and O–H groups in total. The van der Waals surface area contributed by atoms with Crippen molar-refractivity contribution in [1.82, 2.24) is 0 Å². The number of benzene rings is 4. The third-order valence-electron chi connectivity index (χ3n) is 5.74. The van der Waals surface area contributed by atoms with Crippen LogP contribution in [0.3, 0.4) is 0 Å². The van der Waals surface area contributed by atoms with E-state index in [2.05, 4.69) is 5.32 Å². The highest BCUT2D eigenvalue weighted by Crippen LogP contribution is 2.38. The fourth-order valence-electron chi connectivity index (χ4n) is 3.71. The summed E-state index contributed by atoms with van der Waals surface area (Å²) in [5.41, 5.74) is 2.79. The van der Waals surface area contributed by atoms with Gasteiger partial charge >= 0.3 is 0 Å². The normalized spacial score (nSPS) is 11.0. The van der Waals surface area contributed by atoms with E-state index in [9.17, 15) is 10.1 Å². The predicted octanol–water partition coefficient (Wildman–Crippen LogP) is 8.75. The molecule has 0 unspecified atom stereocenters. The Hall–Kier alpha value is -4.15. The molecule has 0 radical (unpaired) electrons. The molecule has 0 aliphatic rings. The summed E-state index contributed by atoms with van der Waals surface area (Å²) in [6.07, 6.45) is 1.44. The predicted molar refractivity (Wildman–Crippen MR) is 163 cm³/mol. The van der Waals surface area contributed by atoms with Crippen LogP contribution in [0.15, 0.2) is 90.5 Å². The molecule has 0 aromatic heterocycles. The molecule has 6 nitrogen and oxygen atoms in total. The molecular weight excluding hydrogens is 583 g/mol. The monoisotopic (exact) mass is 606 g/mol. The van der Waals surface area contributed by atoms with Gasteiger partial charge in [0.05, 0.1) is 11.6 Å². The second-order valence-corrected chi connectivity index (χ2v) is 10.0.